The van der Waals surface area contributed by atoms with Crippen LogP contribution in [0.5, 0.6) is 0 Å². The molecular weight excluding hydrogens is 210 g/mol. The van der Waals surface area contributed by atoms with Crippen LogP contribution in [0.25, 0.3) is 0 Å². The zero-order valence-corrected chi connectivity index (χ0v) is 10.9. The fourth-order valence-electron chi connectivity index (χ4n) is 2.15. The van der Waals surface area contributed by atoms with Crippen molar-refractivity contribution in [3.8, 4) is 0 Å². The second-order valence-electron chi connectivity index (χ2n) is 4.55. The summed E-state index contributed by atoms with van der Waals surface area (Å²) in [6, 6.07) is 10.3. The van der Waals surface area contributed by atoms with Gasteiger partial charge in [0.1, 0.15) is 0 Å². The molecule has 0 aliphatic heterocycles. The summed E-state index contributed by atoms with van der Waals surface area (Å²) >= 11 is 0. The molecule has 0 aromatic heterocycles. The van der Waals surface area contributed by atoms with Crippen molar-refractivity contribution < 1.29 is 5.21 Å². The van der Waals surface area contributed by atoms with E-state index in [-0.39, 0.29) is 5.92 Å². The van der Waals surface area contributed by atoms with Crippen LogP contribution in [0.15, 0.2) is 35.5 Å². The molecule has 2 nitrogen and oxygen atoms in total. The number of benzene rings is 1. The van der Waals surface area contributed by atoms with Crippen LogP contribution < -0.4 is 0 Å². The van der Waals surface area contributed by atoms with E-state index >= 15 is 0 Å². The van der Waals surface area contributed by atoms with E-state index in [9.17, 15) is 0 Å². The molecule has 0 radical (unpaired) electrons. The highest BCUT2D eigenvalue weighted by molar-refractivity contribution is 5.88. The van der Waals surface area contributed by atoms with Crippen molar-refractivity contribution in [1.82, 2.24) is 0 Å². The van der Waals surface area contributed by atoms with Gasteiger partial charge in [-0.2, -0.15) is 0 Å². The quantitative estimate of drug-likeness (QED) is 0.318. The molecular formula is C15H23NO. The summed E-state index contributed by atoms with van der Waals surface area (Å²) < 4.78 is 0. The first-order valence-electron chi connectivity index (χ1n) is 6.53. The lowest BCUT2D eigenvalue weighted by Gasteiger charge is -2.16. The maximum Gasteiger partial charge on any atom is 0.0614 e. The van der Waals surface area contributed by atoms with E-state index in [1.807, 2.05) is 25.1 Å². The van der Waals surface area contributed by atoms with Crippen LogP contribution >= 0.6 is 0 Å². The zero-order chi connectivity index (χ0) is 12.5. The minimum Gasteiger partial charge on any atom is -0.411 e. The highest BCUT2D eigenvalue weighted by Crippen LogP contribution is 2.24. The first kappa shape index (κ1) is 13.8. The molecule has 0 saturated heterocycles. The lowest BCUT2D eigenvalue weighted by Crippen LogP contribution is -2.09. The highest BCUT2D eigenvalue weighted by Gasteiger charge is 2.14. The zero-order valence-electron chi connectivity index (χ0n) is 10.9. The van der Waals surface area contributed by atoms with Crippen molar-refractivity contribution in [3.63, 3.8) is 0 Å². The third kappa shape index (κ3) is 4.59. The molecule has 1 rings (SSSR count). The van der Waals surface area contributed by atoms with E-state index < -0.39 is 0 Å². The van der Waals surface area contributed by atoms with Crippen molar-refractivity contribution in [2.24, 2.45) is 5.16 Å². The largest absolute Gasteiger partial charge is 0.411 e. The second kappa shape index (κ2) is 7.88. The molecule has 94 valence electrons. The van der Waals surface area contributed by atoms with Gasteiger partial charge in [-0.15, -0.1) is 0 Å². The van der Waals surface area contributed by atoms with Crippen molar-refractivity contribution in [3.05, 3.63) is 35.9 Å². The van der Waals surface area contributed by atoms with Crippen molar-refractivity contribution >= 4 is 5.71 Å². The average molecular weight is 233 g/mol. The van der Waals surface area contributed by atoms with Crippen LogP contribution in [0.1, 0.15) is 57.4 Å². The monoisotopic (exact) mass is 233 g/mol. The minimum absolute atomic E-state index is 0.262. The molecule has 17 heavy (non-hydrogen) atoms. The average Bonchev–Trinajstić information content (AvgIpc) is 2.39. The number of nitrogens with zero attached hydrogens (tertiary/aromatic N) is 1. The van der Waals surface area contributed by atoms with Crippen molar-refractivity contribution in [2.45, 2.75) is 51.9 Å². The molecule has 1 atom stereocenters. The highest BCUT2D eigenvalue weighted by atomic mass is 16.4. The Morgan fingerprint density at radius 2 is 1.88 bits per heavy atom. The topological polar surface area (TPSA) is 32.6 Å². The Morgan fingerprint density at radius 1 is 1.18 bits per heavy atom. The van der Waals surface area contributed by atoms with Crippen molar-refractivity contribution in [1.29, 1.82) is 0 Å². The predicted octanol–water partition coefficient (Wildman–Crippen LogP) is 4.59. The normalized spacial score (nSPS) is 13.6. The molecule has 0 fully saturated rings. The lowest BCUT2D eigenvalue weighted by atomic mass is 9.89. The summed E-state index contributed by atoms with van der Waals surface area (Å²) in [5.41, 5.74) is 2.06. The summed E-state index contributed by atoms with van der Waals surface area (Å²) in [7, 11) is 0. The molecule has 2 heteroatoms. The van der Waals surface area contributed by atoms with Gasteiger partial charge in [-0.25, -0.2) is 0 Å². The molecule has 0 aliphatic carbocycles. The number of hydrogen-bond acceptors (Lipinski definition) is 2. The molecule has 1 unspecified atom stereocenters. The molecule has 0 heterocycles. The van der Waals surface area contributed by atoms with E-state index in [0.717, 1.165) is 12.1 Å². The van der Waals surface area contributed by atoms with Gasteiger partial charge < -0.3 is 5.21 Å². The SMILES string of the molecule is CCCCCCC(/C(C)=N\O)c1ccccc1. The van der Waals surface area contributed by atoms with E-state index in [1.54, 1.807) is 0 Å². The number of hydrogen-bond donors (Lipinski definition) is 1. The molecule has 0 aliphatic rings. The lowest BCUT2D eigenvalue weighted by molar-refractivity contribution is 0.316. The third-order valence-corrected chi connectivity index (χ3v) is 3.21. The van der Waals surface area contributed by atoms with Crippen LogP contribution in [0.3, 0.4) is 0 Å². The molecule has 0 amide bonds. The van der Waals surface area contributed by atoms with E-state index in [2.05, 4.69) is 24.2 Å². The number of unbranched alkanes of at least 4 members (excludes halogenated alkanes) is 3. The molecule has 1 aromatic rings. The van der Waals surface area contributed by atoms with Gasteiger partial charge in [0.15, 0.2) is 0 Å². The Labute approximate surface area is 104 Å². The van der Waals surface area contributed by atoms with Crippen LogP contribution in [-0.4, -0.2) is 10.9 Å². The van der Waals surface area contributed by atoms with E-state index in [4.69, 9.17) is 5.21 Å². The first-order chi connectivity index (χ1) is 8.29. The Hall–Kier alpha value is -1.31. The maximum absolute atomic E-state index is 8.96. The standard InChI is InChI=1S/C15H23NO/c1-3-4-5-9-12-15(13(2)16-17)14-10-7-6-8-11-14/h6-8,10-11,15,17H,3-5,9,12H2,1-2H3/b16-13-. The number of rotatable bonds is 7. The summed E-state index contributed by atoms with van der Waals surface area (Å²) in [6.45, 7) is 4.12. The smallest absolute Gasteiger partial charge is 0.0614 e. The second-order valence-corrected chi connectivity index (χ2v) is 4.55. The van der Waals surface area contributed by atoms with Gasteiger partial charge in [0, 0.05) is 5.92 Å². The fourth-order valence-corrected chi connectivity index (χ4v) is 2.15. The summed E-state index contributed by atoms with van der Waals surface area (Å²) in [5.74, 6) is 0.262. The van der Waals surface area contributed by atoms with Gasteiger partial charge >= 0.3 is 0 Å². The number of oxime groups is 1. The van der Waals surface area contributed by atoms with Crippen LogP contribution in [-0.2, 0) is 0 Å². The van der Waals surface area contributed by atoms with Gasteiger partial charge in [-0.1, -0.05) is 68.1 Å². The first-order valence-corrected chi connectivity index (χ1v) is 6.53. The van der Waals surface area contributed by atoms with E-state index in [0.29, 0.717) is 0 Å². The Kier molecular flexibility index (Phi) is 6.38. The summed E-state index contributed by atoms with van der Waals surface area (Å²) in [6.07, 6.45) is 6.07. The minimum atomic E-state index is 0.262. The van der Waals surface area contributed by atoms with Gasteiger partial charge in [0.25, 0.3) is 0 Å². The van der Waals surface area contributed by atoms with Gasteiger partial charge in [-0.3, -0.25) is 0 Å². The van der Waals surface area contributed by atoms with Crippen LogP contribution in [0.2, 0.25) is 0 Å². The summed E-state index contributed by atoms with van der Waals surface area (Å²) in [4.78, 5) is 0. The van der Waals surface area contributed by atoms with Gasteiger partial charge in [0.05, 0.1) is 5.71 Å². The molecule has 0 spiro atoms. The van der Waals surface area contributed by atoms with Gasteiger partial charge in [-0.05, 0) is 18.9 Å². The molecule has 1 aromatic carbocycles. The third-order valence-electron chi connectivity index (χ3n) is 3.21. The van der Waals surface area contributed by atoms with Crippen molar-refractivity contribution in [2.75, 3.05) is 0 Å². The Balaban J connectivity index is 2.62. The Morgan fingerprint density at radius 3 is 2.47 bits per heavy atom. The van der Waals surface area contributed by atoms with Crippen LogP contribution in [0, 0.1) is 0 Å². The fraction of sp³-hybridized carbons (Fsp3) is 0.533. The molecule has 0 bridgehead atoms. The molecule has 0 saturated carbocycles. The Bertz CT molecular complexity index is 332. The van der Waals surface area contributed by atoms with Crippen LogP contribution in [0.4, 0.5) is 0 Å². The molecule has 1 N–H and O–H groups in total. The maximum atomic E-state index is 8.96. The van der Waals surface area contributed by atoms with E-state index in [1.165, 1.54) is 31.2 Å². The van der Waals surface area contributed by atoms with Gasteiger partial charge in [0.2, 0.25) is 0 Å². The predicted molar refractivity (Wildman–Crippen MR) is 72.8 cm³/mol. The summed E-state index contributed by atoms with van der Waals surface area (Å²) in [5, 5.41) is 12.3.